The number of carbonyl (C=O) groups excluding carboxylic acids is 1. The number of carbonyl (C=O) groups is 1. The number of thiazole rings is 1. The van der Waals surface area contributed by atoms with Crippen LogP contribution in [0.2, 0.25) is 0 Å². The Balaban J connectivity index is 2.24. The molecule has 0 amide bonds. The van der Waals surface area contributed by atoms with Gasteiger partial charge in [-0.3, -0.25) is 4.79 Å². The number of aromatic nitrogens is 1. The summed E-state index contributed by atoms with van der Waals surface area (Å²) in [6.45, 7) is 4.04. The fourth-order valence-electron chi connectivity index (χ4n) is 1.77. The van der Waals surface area contributed by atoms with Crippen molar-refractivity contribution in [1.29, 1.82) is 0 Å². The Hall–Kier alpha value is -1.75. The van der Waals surface area contributed by atoms with Crippen LogP contribution in [0.15, 0.2) is 24.3 Å². The van der Waals surface area contributed by atoms with Gasteiger partial charge in [0.2, 0.25) is 0 Å². The van der Waals surface area contributed by atoms with Crippen LogP contribution in [0, 0.1) is 12.7 Å². The summed E-state index contributed by atoms with van der Waals surface area (Å²) >= 11 is 1.43. The Labute approximate surface area is 115 Å². The van der Waals surface area contributed by atoms with Gasteiger partial charge >= 0.3 is 5.97 Å². The summed E-state index contributed by atoms with van der Waals surface area (Å²) in [7, 11) is 0. The lowest BCUT2D eigenvalue weighted by atomic mass is 10.1. The third-order valence-corrected chi connectivity index (χ3v) is 3.51. The maximum Gasteiger partial charge on any atom is 0.312 e. The lowest BCUT2D eigenvalue weighted by Gasteiger charge is -1.99. The van der Waals surface area contributed by atoms with Crippen molar-refractivity contribution < 1.29 is 13.9 Å². The van der Waals surface area contributed by atoms with E-state index in [0.717, 1.165) is 16.1 Å². The van der Waals surface area contributed by atoms with E-state index in [9.17, 15) is 9.18 Å². The first-order valence-electron chi connectivity index (χ1n) is 5.98. The van der Waals surface area contributed by atoms with Gasteiger partial charge < -0.3 is 4.74 Å². The molecule has 0 unspecified atom stereocenters. The number of rotatable bonds is 4. The standard InChI is InChI=1S/C14H14FNO2S/c1-3-18-13(17)8-12-16-14(9(2)19-12)10-5-4-6-11(15)7-10/h4-7H,3,8H2,1-2H3. The largest absolute Gasteiger partial charge is 0.466 e. The van der Waals surface area contributed by atoms with Crippen LogP contribution >= 0.6 is 11.3 Å². The van der Waals surface area contributed by atoms with E-state index in [0.29, 0.717) is 11.6 Å². The van der Waals surface area contributed by atoms with E-state index in [1.54, 1.807) is 19.1 Å². The summed E-state index contributed by atoms with van der Waals surface area (Å²) in [5.74, 6) is -0.584. The van der Waals surface area contributed by atoms with Gasteiger partial charge in [-0.15, -0.1) is 11.3 Å². The number of ether oxygens (including phenoxy) is 1. The highest BCUT2D eigenvalue weighted by Crippen LogP contribution is 2.28. The molecule has 1 heterocycles. The summed E-state index contributed by atoms with van der Waals surface area (Å²) in [6.07, 6.45) is 0.161. The smallest absolute Gasteiger partial charge is 0.312 e. The molecule has 0 N–H and O–H groups in total. The Morgan fingerprint density at radius 3 is 2.95 bits per heavy atom. The number of aryl methyl sites for hydroxylation is 1. The average Bonchev–Trinajstić information content (AvgIpc) is 2.70. The second-order valence-corrected chi connectivity index (χ2v) is 5.29. The third kappa shape index (κ3) is 3.38. The predicted octanol–water partition coefficient (Wildman–Crippen LogP) is 3.36. The summed E-state index contributed by atoms with van der Waals surface area (Å²) in [5, 5.41) is 0.690. The van der Waals surface area contributed by atoms with Crippen molar-refractivity contribution in [2.45, 2.75) is 20.3 Å². The fourth-order valence-corrected chi connectivity index (χ4v) is 2.71. The van der Waals surface area contributed by atoms with Gasteiger partial charge in [0.15, 0.2) is 0 Å². The van der Waals surface area contributed by atoms with Gasteiger partial charge in [0.25, 0.3) is 0 Å². The molecular weight excluding hydrogens is 265 g/mol. The molecule has 19 heavy (non-hydrogen) atoms. The summed E-state index contributed by atoms with van der Waals surface area (Å²) in [4.78, 5) is 16.8. The quantitative estimate of drug-likeness (QED) is 0.806. The zero-order chi connectivity index (χ0) is 13.8. The Bertz CT molecular complexity index is 595. The molecule has 5 heteroatoms. The van der Waals surface area contributed by atoms with E-state index in [2.05, 4.69) is 4.98 Å². The number of nitrogens with zero attached hydrogens (tertiary/aromatic N) is 1. The van der Waals surface area contributed by atoms with Crippen molar-refractivity contribution in [2.24, 2.45) is 0 Å². The monoisotopic (exact) mass is 279 g/mol. The molecule has 0 aliphatic heterocycles. The van der Waals surface area contributed by atoms with Gasteiger partial charge in [-0.2, -0.15) is 0 Å². The van der Waals surface area contributed by atoms with Crippen LogP contribution < -0.4 is 0 Å². The minimum atomic E-state index is -0.295. The van der Waals surface area contributed by atoms with Gasteiger partial charge in [0.05, 0.1) is 18.7 Å². The molecule has 1 aromatic carbocycles. The van der Waals surface area contributed by atoms with Crippen LogP contribution in [0.1, 0.15) is 16.8 Å². The highest BCUT2D eigenvalue weighted by atomic mass is 32.1. The first kappa shape index (κ1) is 13.7. The number of hydrogen-bond acceptors (Lipinski definition) is 4. The maximum atomic E-state index is 13.2. The Kier molecular flexibility index (Phi) is 4.27. The van der Waals surface area contributed by atoms with E-state index in [1.165, 1.54) is 23.5 Å². The van der Waals surface area contributed by atoms with Gasteiger partial charge in [0, 0.05) is 10.4 Å². The third-order valence-electron chi connectivity index (χ3n) is 2.54. The SMILES string of the molecule is CCOC(=O)Cc1nc(-c2cccc(F)c2)c(C)s1. The first-order valence-corrected chi connectivity index (χ1v) is 6.79. The normalized spacial score (nSPS) is 10.5. The highest BCUT2D eigenvalue weighted by Gasteiger charge is 2.13. The number of halogens is 1. The van der Waals surface area contributed by atoms with Gasteiger partial charge in [-0.1, -0.05) is 12.1 Å². The molecule has 2 aromatic rings. The molecule has 0 fully saturated rings. The van der Waals surface area contributed by atoms with Crippen molar-refractivity contribution in [3.05, 3.63) is 40.0 Å². The second kappa shape index (κ2) is 5.93. The van der Waals surface area contributed by atoms with Gasteiger partial charge in [-0.25, -0.2) is 9.37 Å². The van der Waals surface area contributed by atoms with E-state index in [4.69, 9.17) is 4.74 Å². The fraction of sp³-hybridized carbons (Fsp3) is 0.286. The number of benzene rings is 1. The van der Waals surface area contributed by atoms with Gasteiger partial charge in [-0.05, 0) is 26.0 Å². The van der Waals surface area contributed by atoms with Crippen LogP contribution in [0.25, 0.3) is 11.3 Å². The molecule has 0 atom stereocenters. The Morgan fingerprint density at radius 1 is 1.47 bits per heavy atom. The molecule has 3 nitrogen and oxygen atoms in total. The van der Waals surface area contributed by atoms with E-state index < -0.39 is 0 Å². The van der Waals surface area contributed by atoms with Crippen molar-refractivity contribution >= 4 is 17.3 Å². The molecule has 2 rings (SSSR count). The van der Waals surface area contributed by atoms with Crippen LogP contribution in [-0.4, -0.2) is 17.6 Å². The molecule has 0 saturated carbocycles. The zero-order valence-electron chi connectivity index (χ0n) is 10.8. The molecule has 0 spiro atoms. The van der Waals surface area contributed by atoms with E-state index in [1.807, 2.05) is 6.92 Å². The molecule has 0 radical (unpaired) electrons. The van der Waals surface area contributed by atoms with E-state index in [-0.39, 0.29) is 18.2 Å². The minimum absolute atomic E-state index is 0.161. The second-order valence-electron chi connectivity index (χ2n) is 4.00. The van der Waals surface area contributed by atoms with Crippen molar-refractivity contribution in [3.8, 4) is 11.3 Å². The lowest BCUT2D eigenvalue weighted by Crippen LogP contribution is -2.07. The predicted molar refractivity (Wildman–Crippen MR) is 72.6 cm³/mol. The molecule has 0 aliphatic carbocycles. The number of esters is 1. The van der Waals surface area contributed by atoms with Crippen LogP contribution in [0.5, 0.6) is 0 Å². The number of hydrogen-bond donors (Lipinski definition) is 0. The lowest BCUT2D eigenvalue weighted by molar-refractivity contribution is -0.142. The first-order chi connectivity index (χ1) is 9.10. The van der Waals surface area contributed by atoms with Crippen LogP contribution in [-0.2, 0) is 16.0 Å². The maximum absolute atomic E-state index is 13.2. The molecular formula is C14H14FNO2S. The Morgan fingerprint density at radius 2 is 2.26 bits per heavy atom. The molecule has 1 aromatic heterocycles. The molecule has 0 bridgehead atoms. The molecule has 0 saturated heterocycles. The summed E-state index contributed by atoms with van der Waals surface area (Å²) < 4.78 is 18.1. The summed E-state index contributed by atoms with van der Waals surface area (Å²) in [5.41, 5.74) is 1.45. The highest BCUT2D eigenvalue weighted by molar-refractivity contribution is 7.12. The topological polar surface area (TPSA) is 39.2 Å². The zero-order valence-corrected chi connectivity index (χ0v) is 11.6. The van der Waals surface area contributed by atoms with Gasteiger partial charge in [0.1, 0.15) is 10.8 Å². The van der Waals surface area contributed by atoms with Crippen molar-refractivity contribution in [2.75, 3.05) is 6.61 Å². The van der Waals surface area contributed by atoms with Crippen molar-refractivity contribution in [1.82, 2.24) is 4.98 Å². The summed E-state index contributed by atoms with van der Waals surface area (Å²) in [6, 6.07) is 6.29. The molecule has 100 valence electrons. The molecule has 0 aliphatic rings. The van der Waals surface area contributed by atoms with Crippen molar-refractivity contribution in [3.63, 3.8) is 0 Å². The minimum Gasteiger partial charge on any atom is -0.466 e. The van der Waals surface area contributed by atoms with Crippen LogP contribution in [0.4, 0.5) is 4.39 Å². The van der Waals surface area contributed by atoms with Crippen LogP contribution in [0.3, 0.4) is 0 Å². The van der Waals surface area contributed by atoms with E-state index >= 15 is 0 Å². The average molecular weight is 279 g/mol.